The standard InChI is InChI=1S/C16H25N3O2/c1-12(19-8-3-2-7-15(19)11-20)16(21)18-14-6-4-5-13(9-14)10-17/h4-6,9,12,15,20H,2-3,7-8,10-11,17H2,1H3,(H,18,21). The minimum absolute atomic E-state index is 0.0375. The van der Waals surface area contributed by atoms with Gasteiger partial charge in [-0.05, 0) is 44.0 Å². The van der Waals surface area contributed by atoms with Gasteiger partial charge >= 0.3 is 0 Å². The van der Waals surface area contributed by atoms with Gasteiger partial charge in [0.2, 0.25) is 5.91 Å². The highest BCUT2D eigenvalue weighted by Crippen LogP contribution is 2.20. The molecule has 1 aromatic carbocycles. The summed E-state index contributed by atoms with van der Waals surface area (Å²) in [6.07, 6.45) is 3.15. The Morgan fingerprint density at radius 3 is 3.05 bits per heavy atom. The summed E-state index contributed by atoms with van der Waals surface area (Å²) in [4.78, 5) is 14.5. The summed E-state index contributed by atoms with van der Waals surface area (Å²) >= 11 is 0. The normalized spacial score (nSPS) is 21.0. The summed E-state index contributed by atoms with van der Waals surface area (Å²) < 4.78 is 0. The van der Waals surface area contributed by atoms with Crippen LogP contribution in [0.1, 0.15) is 31.7 Å². The van der Waals surface area contributed by atoms with Gasteiger partial charge in [-0.3, -0.25) is 9.69 Å². The van der Waals surface area contributed by atoms with Crippen LogP contribution >= 0.6 is 0 Å². The lowest BCUT2D eigenvalue weighted by atomic mass is 10.0. The topological polar surface area (TPSA) is 78.6 Å². The molecule has 4 N–H and O–H groups in total. The quantitative estimate of drug-likeness (QED) is 0.764. The first-order valence-corrected chi connectivity index (χ1v) is 7.62. The minimum atomic E-state index is -0.246. The molecule has 1 aromatic rings. The van der Waals surface area contributed by atoms with E-state index >= 15 is 0 Å². The molecule has 21 heavy (non-hydrogen) atoms. The molecule has 5 nitrogen and oxygen atoms in total. The van der Waals surface area contributed by atoms with E-state index in [1.165, 1.54) is 0 Å². The van der Waals surface area contributed by atoms with E-state index < -0.39 is 0 Å². The molecule has 2 atom stereocenters. The molecule has 1 aliphatic rings. The Morgan fingerprint density at radius 2 is 2.33 bits per heavy atom. The summed E-state index contributed by atoms with van der Waals surface area (Å²) in [5.41, 5.74) is 7.38. The van der Waals surface area contributed by atoms with E-state index in [1.54, 1.807) is 0 Å². The first-order chi connectivity index (χ1) is 10.2. The Morgan fingerprint density at radius 1 is 1.52 bits per heavy atom. The van der Waals surface area contributed by atoms with E-state index in [0.29, 0.717) is 6.54 Å². The third-order valence-corrected chi connectivity index (χ3v) is 4.19. The predicted octanol–water partition coefficient (Wildman–Crippen LogP) is 1.32. The monoisotopic (exact) mass is 291 g/mol. The third kappa shape index (κ3) is 4.03. The SMILES string of the molecule is CC(C(=O)Nc1cccc(CN)c1)N1CCCCC1CO. The Kier molecular flexibility index (Phi) is 5.73. The van der Waals surface area contributed by atoms with Crippen molar-refractivity contribution >= 4 is 11.6 Å². The van der Waals surface area contributed by atoms with E-state index in [2.05, 4.69) is 10.2 Å². The highest BCUT2D eigenvalue weighted by Gasteiger charge is 2.29. The van der Waals surface area contributed by atoms with Crippen molar-refractivity contribution in [3.8, 4) is 0 Å². The van der Waals surface area contributed by atoms with Crippen LogP contribution in [-0.2, 0) is 11.3 Å². The number of benzene rings is 1. The maximum absolute atomic E-state index is 12.4. The van der Waals surface area contributed by atoms with Crippen LogP contribution in [0.4, 0.5) is 5.69 Å². The smallest absolute Gasteiger partial charge is 0.241 e. The van der Waals surface area contributed by atoms with Crippen LogP contribution < -0.4 is 11.1 Å². The molecule has 1 fully saturated rings. The zero-order chi connectivity index (χ0) is 15.2. The molecular formula is C16H25N3O2. The summed E-state index contributed by atoms with van der Waals surface area (Å²) in [5, 5.41) is 12.4. The van der Waals surface area contributed by atoms with Gasteiger partial charge in [0, 0.05) is 18.3 Å². The molecule has 1 heterocycles. The molecule has 0 bridgehead atoms. The van der Waals surface area contributed by atoms with Crippen molar-refractivity contribution in [1.82, 2.24) is 4.90 Å². The molecule has 1 aliphatic heterocycles. The van der Waals surface area contributed by atoms with Crippen LogP contribution in [0.2, 0.25) is 0 Å². The van der Waals surface area contributed by atoms with E-state index in [0.717, 1.165) is 37.1 Å². The number of nitrogens with zero attached hydrogens (tertiary/aromatic N) is 1. The number of aliphatic hydroxyl groups is 1. The van der Waals surface area contributed by atoms with E-state index in [4.69, 9.17) is 5.73 Å². The van der Waals surface area contributed by atoms with Gasteiger partial charge in [0.15, 0.2) is 0 Å². The minimum Gasteiger partial charge on any atom is -0.395 e. The third-order valence-electron chi connectivity index (χ3n) is 4.19. The number of carbonyl (C=O) groups is 1. The summed E-state index contributed by atoms with van der Waals surface area (Å²) in [7, 11) is 0. The van der Waals surface area contributed by atoms with Gasteiger partial charge in [0.05, 0.1) is 12.6 Å². The number of aliphatic hydroxyl groups excluding tert-OH is 1. The molecule has 1 amide bonds. The van der Waals surface area contributed by atoms with E-state index in [-0.39, 0.29) is 24.6 Å². The second-order valence-corrected chi connectivity index (χ2v) is 5.64. The van der Waals surface area contributed by atoms with Gasteiger partial charge in [-0.15, -0.1) is 0 Å². The molecule has 2 unspecified atom stereocenters. The number of likely N-dealkylation sites (tertiary alicyclic amines) is 1. The number of nitrogens with two attached hydrogens (primary N) is 1. The van der Waals surface area contributed by atoms with Crippen LogP contribution in [-0.4, -0.2) is 41.1 Å². The second kappa shape index (κ2) is 7.54. The average Bonchev–Trinajstić information content (AvgIpc) is 2.54. The first-order valence-electron chi connectivity index (χ1n) is 7.62. The molecular weight excluding hydrogens is 266 g/mol. The van der Waals surface area contributed by atoms with Crippen molar-refractivity contribution in [3.63, 3.8) is 0 Å². The van der Waals surface area contributed by atoms with Gasteiger partial charge in [0.1, 0.15) is 0 Å². The van der Waals surface area contributed by atoms with Crippen molar-refractivity contribution in [2.75, 3.05) is 18.5 Å². The number of carbonyl (C=O) groups excluding carboxylic acids is 1. The van der Waals surface area contributed by atoms with Gasteiger partial charge < -0.3 is 16.2 Å². The average molecular weight is 291 g/mol. The Hall–Kier alpha value is -1.43. The lowest BCUT2D eigenvalue weighted by molar-refractivity contribution is -0.122. The largest absolute Gasteiger partial charge is 0.395 e. The fourth-order valence-electron chi connectivity index (χ4n) is 2.90. The molecule has 5 heteroatoms. The number of rotatable bonds is 5. The van der Waals surface area contributed by atoms with Gasteiger partial charge in [0.25, 0.3) is 0 Å². The highest BCUT2D eigenvalue weighted by atomic mass is 16.3. The second-order valence-electron chi connectivity index (χ2n) is 5.64. The van der Waals surface area contributed by atoms with Crippen molar-refractivity contribution in [2.24, 2.45) is 5.73 Å². The van der Waals surface area contributed by atoms with Crippen LogP contribution in [0.3, 0.4) is 0 Å². The molecule has 0 aliphatic carbocycles. The molecule has 0 spiro atoms. The van der Waals surface area contributed by atoms with Gasteiger partial charge in [-0.25, -0.2) is 0 Å². The zero-order valence-electron chi connectivity index (χ0n) is 12.6. The van der Waals surface area contributed by atoms with Gasteiger partial charge in [-0.1, -0.05) is 18.6 Å². The number of amides is 1. The molecule has 1 saturated heterocycles. The van der Waals surface area contributed by atoms with Crippen LogP contribution in [0, 0.1) is 0 Å². The number of hydrogen-bond donors (Lipinski definition) is 3. The number of nitrogens with one attached hydrogen (secondary N) is 1. The van der Waals surface area contributed by atoms with E-state index in [9.17, 15) is 9.90 Å². The summed E-state index contributed by atoms with van der Waals surface area (Å²) in [6, 6.07) is 7.43. The molecule has 0 radical (unpaired) electrons. The van der Waals surface area contributed by atoms with Crippen molar-refractivity contribution in [1.29, 1.82) is 0 Å². The maximum Gasteiger partial charge on any atom is 0.241 e. The maximum atomic E-state index is 12.4. The fourth-order valence-corrected chi connectivity index (χ4v) is 2.90. The van der Waals surface area contributed by atoms with Crippen molar-refractivity contribution in [3.05, 3.63) is 29.8 Å². The molecule has 116 valence electrons. The summed E-state index contributed by atoms with van der Waals surface area (Å²) in [6.45, 7) is 3.33. The number of hydrogen-bond acceptors (Lipinski definition) is 4. The van der Waals surface area contributed by atoms with Crippen molar-refractivity contribution in [2.45, 2.75) is 44.8 Å². The molecule has 0 aromatic heterocycles. The predicted molar refractivity (Wildman–Crippen MR) is 83.9 cm³/mol. The lowest BCUT2D eigenvalue weighted by Crippen LogP contribution is -2.51. The first kappa shape index (κ1) is 15.9. The van der Waals surface area contributed by atoms with Crippen molar-refractivity contribution < 1.29 is 9.90 Å². The van der Waals surface area contributed by atoms with Crippen LogP contribution in [0.25, 0.3) is 0 Å². The van der Waals surface area contributed by atoms with E-state index in [1.807, 2.05) is 31.2 Å². The molecule has 0 saturated carbocycles. The van der Waals surface area contributed by atoms with Crippen LogP contribution in [0.5, 0.6) is 0 Å². The molecule has 2 rings (SSSR count). The zero-order valence-corrected chi connectivity index (χ0v) is 12.6. The Labute approximate surface area is 126 Å². The Bertz CT molecular complexity index is 478. The lowest BCUT2D eigenvalue weighted by Gasteiger charge is -2.38. The highest BCUT2D eigenvalue weighted by molar-refractivity contribution is 5.94. The fraction of sp³-hybridized carbons (Fsp3) is 0.562. The summed E-state index contributed by atoms with van der Waals surface area (Å²) in [5.74, 6) is -0.0375. The number of anilines is 1. The van der Waals surface area contributed by atoms with Crippen LogP contribution in [0.15, 0.2) is 24.3 Å². The number of piperidine rings is 1. The Balaban J connectivity index is 2.01. The van der Waals surface area contributed by atoms with Gasteiger partial charge in [-0.2, -0.15) is 0 Å².